The standard InChI is InChI=1S/C26H29N3O5/c1-4-20(5-2)29(26(31)19-10-11-23-24(12-19)33-16-32-23)15-21-13-22(28-34-21)25(30)27-14-18-8-6-17(3)7-9-18/h6-13,20H,4-5,14-16H2,1-3H3,(H,27,30). The molecular weight excluding hydrogens is 434 g/mol. The molecule has 0 saturated heterocycles. The van der Waals surface area contributed by atoms with E-state index < -0.39 is 0 Å². The van der Waals surface area contributed by atoms with E-state index in [9.17, 15) is 9.59 Å². The molecule has 2 amide bonds. The highest BCUT2D eigenvalue weighted by molar-refractivity contribution is 5.95. The van der Waals surface area contributed by atoms with Crippen LogP contribution in [0.25, 0.3) is 0 Å². The first kappa shape index (κ1) is 23.4. The number of aryl methyl sites for hydroxylation is 1. The molecule has 34 heavy (non-hydrogen) atoms. The van der Waals surface area contributed by atoms with Gasteiger partial charge in [0.2, 0.25) is 6.79 Å². The van der Waals surface area contributed by atoms with Gasteiger partial charge < -0.3 is 24.2 Å². The van der Waals surface area contributed by atoms with Gasteiger partial charge in [-0.25, -0.2) is 0 Å². The van der Waals surface area contributed by atoms with Gasteiger partial charge in [0.05, 0.1) is 6.54 Å². The third-order valence-electron chi connectivity index (χ3n) is 5.96. The maximum atomic E-state index is 13.4. The highest BCUT2D eigenvalue weighted by Gasteiger charge is 2.26. The van der Waals surface area contributed by atoms with Crippen LogP contribution in [0.1, 0.15) is 64.4 Å². The molecular formula is C26H29N3O5. The Morgan fingerprint density at radius 2 is 1.76 bits per heavy atom. The van der Waals surface area contributed by atoms with Crippen LogP contribution in [0.2, 0.25) is 0 Å². The van der Waals surface area contributed by atoms with E-state index in [4.69, 9.17) is 14.0 Å². The third kappa shape index (κ3) is 5.22. The fourth-order valence-electron chi connectivity index (χ4n) is 3.93. The summed E-state index contributed by atoms with van der Waals surface area (Å²) in [4.78, 5) is 27.7. The van der Waals surface area contributed by atoms with Crippen LogP contribution >= 0.6 is 0 Å². The topological polar surface area (TPSA) is 93.9 Å². The van der Waals surface area contributed by atoms with Crippen molar-refractivity contribution in [1.29, 1.82) is 0 Å². The third-order valence-corrected chi connectivity index (χ3v) is 5.96. The largest absolute Gasteiger partial charge is 0.454 e. The number of hydrogen-bond donors (Lipinski definition) is 1. The molecule has 1 N–H and O–H groups in total. The number of carbonyl (C=O) groups is 2. The number of nitrogens with one attached hydrogen (secondary N) is 1. The molecule has 8 nitrogen and oxygen atoms in total. The summed E-state index contributed by atoms with van der Waals surface area (Å²) in [5.74, 6) is 1.16. The zero-order valence-electron chi connectivity index (χ0n) is 19.7. The second kappa shape index (κ2) is 10.4. The first-order valence-electron chi connectivity index (χ1n) is 11.5. The normalized spacial score (nSPS) is 12.1. The van der Waals surface area contributed by atoms with E-state index >= 15 is 0 Å². The van der Waals surface area contributed by atoms with Crippen molar-refractivity contribution in [2.24, 2.45) is 0 Å². The van der Waals surface area contributed by atoms with Gasteiger partial charge in [-0.3, -0.25) is 9.59 Å². The first-order chi connectivity index (χ1) is 16.5. The molecule has 1 aliphatic heterocycles. The molecule has 0 spiro atoms. The zero-order chi connectivity index (χ0) is 24.1. The number of benzene rings is 2. The van der Waals surface area contributed by atoms with Crippen LogP contribution < -0.4 is 14.8 Å². The van der Waals surface area contributed by atoms with E-state index in [-0.39, 0.29) is 36.9 Å². The summed E-state index contributed by atoms with van der Waals surface area (Å²) in [5.41, 5.74) is 2.85. The lowest BCUT2D eigenvalue weighted by Gasteiger charge is -2.29. The molecule has 1 aliphatic rings. The first-order valence-corrected chi connectivity index (χ1v) is 11.5. The van der Waals surface area contributed by atoms with Crippen molar-refractivity contribution < 1.29 is 23.6 Å². The number of hydrogen-bond acceptors (Lipinski definition) is 6. The van der Waals surface area contributed by atoms with E-state index in [1.165, 1.54) is 0 Å². The minimum atomic E-state index is -0.327. The molecule has 1 aromatic heterocycles. The average molecular weight is 464 g/mol. The van der Waals surface area contributed by atoms with Gasteiger partial charge in [0.15, 0.2) is 23.0 Å². The molecule has 0 unspecified atom stereocenters. The molecule has 0 aliphatic carbocycles. The van der Waals surface area contributed by atoms with Crippen LogP contribution in [0.3, 0.4) is 0 Å². The van der Waals surface area contributed by atoms with Gasteiger partial charge in [0, 0.05) is 24.2 Å². The minimum Gasteiger partial charge on any atom is -0.454 e. The highest BCUT2D eigenvalue weighted by Crippen LogP contribution is 2.33. The highest BCUT2D eigenvalue weighted by atomic mass is 16.7. The summed E-state index contributed by atoms with van der Waals surface area (Å²) in [6, 6.07) is 14.7. The van der Waals surface area contributed by atoms with Crippen molar-refractivity contribution in [2.75, 3.05) is 6.79 Å². The second-order valence-electron chi connectivity index (χ2n) is 8.32. The monoisotopic (exact) mass is 463 g/mol. The quantitative estimate of drug-likeness (QED) is 0.503. The van der Waals surface area contributed by atoms with E-state index in [2.05, 4.69) is 10.5 Å². The summed E-state index contributed by atoms with van der Waals surface area (Å²) in [6.45, 7) is 6.84. The van der Waals surface area contributed by atoms with E-state index in [1.54, 1.807) is 29.2 Å². The number of amides is 2. The van der Waals surface area contributed by atoms with Crippen molar-refractivity contribution in [3.63, 3.8) is 0 Å². The van der Waals surface area contributed by atoms with Crippen molar-refractivity contribution in [3.8, 4) is 11.5 Å². The van der Waals surface area contributed by atoms with Gasteiger partial charge >= 0.3 is 0 Å². The SMILES string of the molecule is CCC(CC)N(Cc1cc(C(=O)NCc2ccc(C)cc2)no1)C(=O)c1ccc2c(c1)OCO2. The van der Waals surface area contributed by atoms with Gasteiger partial charge in [0.1, 0.15) is 0 Å². The van der Waals surface area contributed by atoms with Crippen LogP contribution in [-0.4, -0.2) is 34.7 Å². The van der Waals surface area contributed by atoms with Crippen molar-refractivity contribution in [1.82, 2.24) is 15.4 Å². The van der Waals surface area contributed by atoms with Crippen LogP contribution in [0.4, 0.5) is 0 Å². The Kier molecular flexibility index (Phi) is 7.15. The van der Waals surface area contributed by atoms with Crippen LogP contribution in [0.15, 0.2) is 53.1 Å². The van der Waals surface area contributed by atoms with Crippen molar-refractivity contribution >= 4 is 11.8 Å². The molecule has 0 bridgehead atoms. The number of ether oxygens (including phenoxy) is 2. The molecule has 3 aromatic rings. The molecule has 0 saturated carbocycles. The van der Waals surface area contributed by atoms with Gasteiger partial charge in [-0.05, 0) is 43.5 Å². The molecule has 2 aromatic carbocycles. The number of nitrogens with zero attached hydrogens (tertiary/aromatic N) is 2. The predicted molar refractivity (Wildman–Crippen MR) is 126 cm³/mol. The molecule has 2 heterocycles. The zero-order valence-corrected chi connectivity index (χ0v) is 19.7. The van der Waals surface area contributed by atoms with Crippen LogP contribution in [-0.2, 0) is 13.1 Å². The Labute approximate surface area is 198 Å². The maximum absolute atomic E-state index is 13.4. The maximum Gasteiger partial charge on any atom is 0.273 e. The Hall–Kier alpha value is -3.81. The summed E-state index contributed by atoms with van der Waals surface area (Å²) >= 11 is 0. The second-order valence-corrected chi connectivity index (χ2v) is 8.32. The smallest absolute Gasteiger partial charge is 0.273 e. The number of carbonyl (C=O) groups excluding carboxylic acids is 2. The Morgan fingerprint density at radius 3 is 2.50 bits per heavy atom. The summed E-state index contributed by atoms with van der Waals surface area (Å²) < 4.78 is 16.2. The lowest BCUT2D eigenvalue weighted by Crippen LogP contribution is -2.39. The summed E-state index contributed by atoms with van der Waals surface area (Å²) in [6.07, 6.45) is 1.57. The van der Waals surface area contributed by atoms with Crippen LogP contribution in [0, 0.1) is 6.92 Å². The molecule has 178 valence electrons. The van der Waals surface area contributed by atoms with Gasteiger partial charge in [-0.2, -0.15) is 0 Å². The lowest BCUT2D eigenvalue weighted by molar-refractivity contribution is 0.0627. The summed E-state index contributed by atoms with van der Waals surface area (Å²) in [5, 5.41) is 6.78. The molecule has 8 heteroatoms. The summed E-state index contributed by atoms with van der Waals surface area (Å²) in [7, 11) is 0. The average Bonchev–Trinajstić information content (AvgIpc) is 3.52. The fraction of sp³-hybridized carbons (Fsp3) is 0.346. The van der Waals surface area contributed by atoms with Crippen molar-refractivity contribution in [3.05, 3.63) is 76.7 Å². The van der Waals surface area contributed by atoms with Crippen molar-refractivity contribution in [2.45, 2.75) is 52.7 Å². The number of fused-ring (bicyclic) bond motifs is 1. The van der Waals surface area contributed by atoms with Gasteiger partial charge in [-0.1, -0.05) is 48.8 Å². The van der Waals surface area contributed by atoms with E-state index in [0.717, 1.165) is 24.0 Å². The Morgan fingerprint density at radius 1 is 1.03 bits per heavy atom. The predicted octanol–water partition coefficient (Wildman–Crippen LogP) is 4.47. The number of aromatic nitrogens is 1. The Balaban J connectivity index is 1.46. The molecule has 0 atom stereocenters. The fourth-order valence-corrected chi connectivity index (χ4v) is 3.93. The Bertz CT molecular complexity index is 1150. The van der Waals surface area contributed by atoms with Gasteiger partial charge in [0.25, 0.3) is 11.8 Å². The molecule has 0 radical (unpaired) electrons. The molecule has 4 rings (SSSR count). The van der Waals surface area contributed by atoms with Crippen LogP contribution in [0.5, 0.6) is 11.5 Å². The number of rotatable bonds is 9. The lowest BCUT2D eigenvalue weighted by atomic mass is 10.1. The minimum absolute atomic E-state index is 0.00170. The molecule has 0 fully saturated rings. The van der Waals surface area contributed by atoms with E-state index in [1.807, 2.05) is 45.0 Å². The van der Waals surface area contributed by atoms with E-state index in [0.29, 0.717) is 29.4 Å². The van der Waals surface area contributed by atoms with Gasteiger partial charge in [-0.15, -0.1) is 0 Å².